The molecule has 1 aromatic heterocycles. The first-order valence-electron chi connectivity index (χ1n) is 10.4. The summed E-state index contributed by atoms with van der Waals surface area (Å²) in [6.07, 6.45) is 0.729. The Labute approximate surface area is 185 Å². The zero-order valence-corrected chi connectivity index (χ0v) is 18.1. The lowest BCUT2D eigenvalue weighted by atomic mass is 10.0. The summed E-state index contributed by atoms with van der Waals surface area (Å²) in [5.74, 6) is 1.26. The third-order valence-electron chi connectivity index (χ3n) is 4.97. The third-order valence-corrected chi connectivity index (χ3v) is 4.97. The second-order valence-corrected chi connectivity index (χ2v) is 7.50. The topological polar surface area (TPSA) is 111 Å². The fourth-order valence-corrected chi connectivity index (χ4v) is 3.65. The van der Waals surface area contributed by atoms with Gasteiger partial charge in [0.1, 0.15) is 11.8 Å². The van der Waals surface area contributed by atoms with Crippen molar-refractivity contribution < 1.29 is 18.8 Å². The second kappa shape index (κ2) is 9.02. The highest BCUT2D eigenvalue weighted by Gasteiger charge is 2.24. The van der Waals surface area contributed by atoms with Crippen LogP contribution >= 0.6 is 0 Å². The Morgan fingerprint density at radius 1 is 1.25 bits per heavy atom. The molecule has 32 heavy (non-hydrogen) atoms. The van der Waals surface area contributed by atoms with Crippen molar-refractivity contribution in [1.82, 2.24) is 10.1 Å². The average Bonchev–Trinajstić information content (AvgIpc) is 3.41. The van der Waals surface area contributed by atoms with E-state index < -0.39 is 6.09 Å². The van der Waals surface area contributed by atoms with Gasteiger partial charge < -0.3 is 14.0 Å². The molecular formula is C24H22N4O4. The lowest BCUT2D eigenvalue weighted by molar-refractivity contribution is 0.163. The van der Waals surface area contributed by atoms with E-state index in [0.717, 1.165) is 16.7 Å². The van der Waals surface area contributed by atoms with E-state index in [1.54, 1.807) is 25.1 Å². The average molecular weight is 430 g/mol. The smallest absolute Gasteiger partial charge is 0.433 e. The molecule has 3 aromatic rings. The molecule has 4 rings (SSSR count). The zero-order valence-electron chi connectivity index (χ0n) is 18.1. The quantitative estimate of drug-likeness (QED) is 0.563. The van der Waals surface area contributed by atoms with Crippen LogP contribution in [0.4, 0.5) is 4.79 Å². The molecule has 162 valence electrons. The monoisotopic (exact) mass is 430 g/mol. The fourth-order valence-electron chi connectivity index (χ4n) is 3.65. The van der Waals surface area contributed by atoms with Gasteiger partial charge in [0.2, 0.25) is 5.82 Å². The Bertz CT molecular complexity index is 1240. The Kier molecular flexibility index (Phi) is 5.99. The maximum atomic E-state index is 11.8. The number of nitrogens with zero attached hydrogens (tertiary/aromatic N) is 4. The van der Waals surface area contributed by atoms with Gasteiger partial charge in [0.25, 0.3) is 5.89 Å². The van der Waals surface area contributed by atoms with Crippen LogP contribution in [0, 0.1) is 11.3 Å². The minimum absolute atomic E-state index is 0.0413. The number of nitriles is 1. The van der Waals surface area contributed by atoms with Crippen molar-refractivity contribution in [2.24, 2.45) is 4.99 Å². The molecule has 1 amide bonds. The molecule has 0 atom stereocenters. The van der Waals surface area contributed by atoms with Crippen LogP contribution in [0.5, 0.6) is 5.75 Å². The Morgan fingerprint density at radius 3 is 2.81 bits per heavy atom. The molecule has 0 aliphatic heterocycles. The molecule has 0 saturated carbocycles. The lowest BCUT2D eigenvalue weighted by Gasteiger charge is -2.11. The number of hydrogen-bond acceptors (Lipinski definition) is 7. The predicted molar refractivity (Wildman–Crippen MR) is 118 cm³/mol. The number of amides is 1. The first-order valence-corrected chi connectivity index (χ1v) is 10.4. The molecule has 8 heteroatoms. The molecule has 1 heterocycles. The van der Waals surface area contributed by atoms with E-state index in [1.165, 1.54) is 0 Å². The number of fused-ring (bicyclic) bond motifs is 1. The van der Waals surface area contributed by atoms with Crippen LogP contribution < -0.4 is 4.74 Å². The normalized spacial score (nSPS) is 13.8. The van der Waals surface area contributed by atoms with Crippen molar-refractivity contribution in [2.45, 2.75) is 39.7 Å². The Balaban J connectivity index is 1.65. The van der Waals surface area contributed by atoms with Gasteiger partial charge in [-0.15, -0.1) is 0 Å². The lowest BCUT2D eigenvalue weighted by Crippen LogP contribution is -2.06. The molecule has 8 nitrogen and oxygen atoms in total. The summed E-state index contributed by atoms with van der Waals surface area (Å²) in [7, 11) is 0. The van der Waals surface area contributed by atoms with Crippen molar-refractivity contribution in [3.63, 3.8) is 0 Å². The van der Waals surface area contributed by atoms with E-state index in [2.05, 4.69) is 21.2 Å². The van der Waals surface area contributed by atoms with Gasteiger partial charge in [-0.05, 0) is 57.4 Å². The molecule has 1 aliphatic rings. The van der Waals surface area contributed by atoms with E-state index in [4.69, 9.17) is 14.0 Å². The van der Waals surface area contributed by atoms with Gasteiger partial charge in [0.15, 0.2) is 0 Å². The molecule has 0 N–H and O–H groups in total. The number of ether oxygens (including phenoxy) is 2. The molecule has 0 unspecified atom stereocenters. The fraction of sp³-hybridized carbons (Fsp3) is 0.292. The summed E-state index contributed by atoms with van der Waals surface area (Å²) in [5.41, 5.74) is 4.46. The van der Waals surface area contributed by atoms with Gasteiger partial charge in [-0.1, -0.05) is 23.4 Å². The molecule has 0 saturated heterocycles. The van der Waals surface area contributed by atoms with Crippen LogP contribution in [-0.2, 0) is 11.2 Å². The minimum atomic E-state index is -0.583. The van der Waals surface area contributed by atoms with Crippen LogP contribution in [-0.4, -0.2) is 34.7 Å². The standard InChI is InChI=1S/C24H22N4O4/c1-4-30-24(29)26-20-10-9-17-18(20)6-5-7-19(17)22-27-23(32-28-22)15-8-11-21(31-14(2)3)16(12-15)13-25/h5-8,11-12,14H,4,9-10H2,1-3H3. The number of hydrogen-bond donors (Lipinski definition) is 0. The van der Waals surface area contributed by atoms with Gasteiger partial charge in [-0.25, -0.2) is 4.79 Å². The van der Waals surface area contributed by atoms with Gasteiger partial charge >= 0.3 is 6.09 Å². The third kappa shape index (κ3) is 4.23. The first-order chi connectivity index (χ1) is 15.5. The van der Waals surface area contributed by atoms with Crippen molar-refractivity contribution >= 4 is 11.8 Å². The predicted octanol–water partition coefficient (Wildman–Crippen LogP) is 4.95. The molecular weight excluding hydrogens is 408 g/mol. The number of aliphatic imine (C=N–C) groups is 1. The number of rotatable bonds is 5. The molecule has 0 fully saturated rings. The van der Waals surface area contributed by atoms with Crippen LogP contribution in [0.25, 0.3) is 22.8 Å². The van der Waals surface area contributed by atoms with Gasteiger partial charge in [-0.2, -0.15) is 15.2 Å². The SMILES string of the molecule is CCOC(=O)N=C1CCc2c1cccc2-c1noc(-c2ccc(OC(C)C)c(C#N)c2)n1. The maximum absolute atomic E-state index is 11.8. The van der Waals surface area contributed by atoms with E-state index in [-0.39, 0.29) is 12.7 Å². The van der Waals surface area contributed by atoms with E-state index in [0.29, 0.717) is 47.1 Å². The van der Waals surface area contributed by atoms with Gasteiger partial charge in [0.05, 0.1) is 24.0 Å². The second-order valence-electron chi connectivity index (χ2n) is 7.50. The Morgan fingerprint density at radius 2 is 2.06 bits per heavy atom. The summed E-state index contributed by atoms with van der Waals surface area (Å²) in [6, 6.07) is 13.1. The number of carbonyl (C=O) groups excluding carboxylic acids is 1. The highest BCUT2D eigenvalue weighted by Crippen LogP contribution is 2.33. The zero-order chi connectivity index (χ0) is 22.7. The van der Waals surface area contributed by atoms with Crippen molar-refractivity contribution in [3.8, 4) is 34.7 Å². The molecule has 0 radical (unpaired) electrons. The summed E-state index contributed by atoms with van der Waals surface area (Å²) < 4.78 is 16.1. The van der Waals surface area contributed by atoms with E-state index in [9.17, 15) is 10.1 Å². The highest BCUT2D eigenvalue weighted by atomic mass is 16.5. The number of aromatic nitrogens is 2. The van der Waals surface area contributed by atoms with Crippen LogP contribution in [0.3, 0.4) is 0 Å². The highest BCUT2D eigenvalue weighted by molar-refractivity contribution is 6.09. The van der Waals surface area contributed by atoms with Crippen LogP contribution in [0.1, 0.15) is 43.9 Å². The van der Waals surface area contributed by atoms with Crippen LogP contribution in [0.2, 0.25) is 0 Å². The minimum Gasteiger partial charge on any atom is -0.490 e. The molecule has 2 aromatic carbocycles. The maximum Gasteiger partial charge on any atom is 0.433 e. The summed E-state index contributed by atoms with van der Waals surface area (Å²) in [6.45, 7) is 5.84. The van der Waals surface area contributed by atoms with Crippen molar-refractivity contribution in [3.05, 3.63) is 53.1 Å². The van der Waals surface area contributed by atoms with E-state index in [1.807, 2.05) is 32.0 Å². The van der Waals surface area contributed by atoms with Gasteiger partial charge in [-0.3, -0.25) is 0 Å². The number of benzene rings is 2. The van der Waals surface area contributed by atoms with Crippen molar-refractivity contribution in [2.75, 3.05) is 6.61 Å². The first kappa shape index (κ1) is 21.2. The molecule has 0 bridgehead atoms. The van der Waals surface area contributed by atoms with Crippen molar-refractivity contribution in [1.29, 1.82) is 5.26 Å². The van der Waals surface area contributed by atoms with Gasteiger partial charge in [0, 0.05) is 16.7 Å². The summed E-state index contributed by atoms with van der Waals surface area (Å²) in [5, 5.41) is 13.6. The largest absolute Gasteiger partial charge is 0.490 e. The molecule has 1 aliphatic carbocycles. The van der Waals surface area contributed by atoms with Crippen LogP contribution in [0.15, 0.2) is 45.9 Å². The summed E-state index contributed by atoms with van der Waals surface area (Å²) >= 11 is 0. The Hall–Kier alpha value is -3.99. The summed E-state index contributed by atoms with van der Waals surface area (Å²) in [4.78, 5) is 20.4. The molecule has 0 spiro atoms. The number of carbonyl (C=O) groups is 1. The van der Waals surface area contributed by atoms with E-state index >= 15 is 0 Å².